The van der Waals surface area contributed by atoms with Crippen molar-refractivity contribution in [2.45, 2.75) is 77.0 Å². The van der Waals surface area contributed by atoms with Crippen molar-refractivity contribution < 1.29 is 4.74 Å². The SMILES string of the molecule is C=C1CCCCCCC/C=C/CCCCCCO1. The molecule has 0 radical (unpaired) electrons. The fourth-order valence-corrected chi connectivity index (χ4v) is 2.36. The fraction of sp³-hybridized carbons (Fsp3) is 0.765. The molecule has 18 heavy (non-hydrogen) atoms. The number of hydrogen-bond donors (Lipinski definition) is 0. The second kappa shape index (κ2) is 11.4. The summed E-state index contributed by atoms with van der Waals surface area (Å²) in [6, 6.07) is 0. The molecule has 0 aromatic heterocycles. The first-order valence-corrected chi connectivity index (χ1v) is 7.85. The Kier molecular flexibility index (Phi) is 9.69. The van der Waals surface area contributed by atoms with Crippen molar-refractivity contribution in [2.75, 3.05) is 6.61 Å². The van der Waals surface area contributed by atoms with Crippen LogP contribution in [0.3, 0.4) is 0 Å². The van der Waals surface area contributed by atoms with E-state index in [1.165, 1.54) is 70.6 Å². The summed E-state index contributed by atoms with van der Waals surface area (Å²) in [6.45, 7) is 4.87. The highest BCUT2D eigenvalue weighted by Crippen LogP contribution is 2.13. The molecule has 0 saturated heterocycles. The quantitative estimate of drug-likeness (QED) is 0.496. The van der Waals surface area contributed by atoms with E-state index in [0.29, 0.717) is 0 Å². The van der Waals surface area contributed by atoms with Crippen molar-refractivity contribution in [2.24, 2.45) is 0 Å². The van der Waals surface area contributed by atoms with E-state index in [-0.39, 0.29) is 0 Å². The van der Waals surface area contributed by atoms with E-state index in [0.717, 1.165) is 18.8 Å². The smallest absolute Gasteiger partial charge is 0.0888 e. The van der Waals surface area contributed by atoms with Crippen LogP contribution >= 0.6 is 0 Å². The van der Waals surface area contributed by atoms with E-state index in [4.69, 9.17) is 4.74 Å². The van der Waals surface area contributed by atoms with Gasteiger partial charge in [-0.1, -0.05) is 50.8 Å². The fourth-order valence-electron chi connectivity index (χ4n) is 2.36. The summed E-state index contributed by atoms with van der Waals surface area (Å²) in [5.74, 6) is 1.00. The molecule has 1 heteroatoms. The summed E-state index contributed by atoms with van der Waals surface area (Å²) < 4.78 is 5.66. The maximum Gasteiger partial charge on any atom is 0.0888 e. The van der Waals surface area contributed by atoms with Crippen LogP contribution in [0.15, 0.2) is 24.5 Å². The molecule has 0 aliphatic carbocycles. The highest BCUT2D eigenvalue weighted by Gasteiger charge is 1.97. The lowest BCUT2D eigenvalue weighted by Gasteiger charge is -2.08. The van der Waals surface area contributed by atoms with Crippen molar-refractivity contribution in [3.63, 3.8) is 0 Å². The highest BCUT2D eigenvalue weighted by atomic mass is 16.5. The van der Waals surface area contributed by atoms with Crippen LogP contribution in [-0.4, -0.2) is 6.61 Å². The van der Waals surface area contributed by atoms with Crippen molar-refractivity contribution >= 4 is 0 Å². The van der Waals surface area contributed by atoms with Crippen LogP contribution in [0.4, 0.5) is 0 Å². The molecule has 0 aromatic rings. The first-order chi connectivity index (χ1) is 8.89. The maximum atomic E-state index is 5.66. The van der Waals surface area contributed by atoms with Crippen LogP contribution in [-0.2, 0) is 4.74 Å². The van der Waals surface area contributed by atoms with Gasteiger partial charge in [0.15, 0.2) is 0 Å². The Morgan fingerprint density at radius 2 is 1.28 bits per heavy atom. The summed E-state index contributed by atoms with van der Waals surface area (Å²) in [5.41, 5.74) is 0. The van der Waals surface area contributed by atoms with Gasteiger partial charge >= 0.3 is 0 Å². The van der Waals surface area contributed by atoms with Crippen LogP contribution in [0.2, 0.25) is 0 Å². The van der Waals surface area contributed by atoms with Crippen LogP contribution < -0.4 is 0 Å². The summed E-state index contributed by atoms with van der Waals surface area (Å²) in [7, 11) is 0. The Bertz CT molecular complexity index is 208. The molecule has 1 rings (SSSR count). The Morgan fingerprint density at radius 1 is 0.722 bits per heavy atom. The predicted octanol–water partition coefficient (Wildman–Crippen LogP) is 5.77. The van der Waals surface area contributed by atoms with Gasteiger partial charge in [-0.25, -0.2) is 0 Å². The highest BCUT2D eigenvalue weighted by molar-refractivity contribution is 4.83. The third-order valence-electron chi connectivity index (χ3n) is 3.56. The summed E-state index contributed by atoms with van der Waals surface area (Å²) in [6.07, 6.45) is 20.1. The standard InChI is InChI=1S/C17H30O/c1-17-15-13-11-9-7-5-3-2-4-6-8-10-12-14-16-18-17/h2,4H,1,3,5-16H2/b4-2+. The van der Waals surface area contributed by atoms with Gasteiger partial charge in [0, 0.05) is 6.42 Å². The number of rotatable bonds is 0. The van der Waals surface area contributed by atoms with Gasteiger partial charge in [0.25, 0.3) is 0 Å². The molecule has 1 aliphatic heterocycles. The van der Waals surface area contributed by atoms with Crippen LogP contribution in [0, 0.1) is 0 Å². The number of ether oxygens (including phenoxy) is 1. The zero-order chi connectivity index (χ0) is 12.9. The Balaban J connectivity index is 2.17. The first-order valence-electron chi connectivity index (χ1n) is 7.85. The van der Waals surface area contributed by atoms with Crippen molar-refractivity contribution in [1.82, 2.24) is 0 Å². The van der Waals surface area contributed by atoms with Crippen LogP contribution in [0.1, 0.15) is 77.0 Å². The second-order valence-electron chi connectivity index (χ2n) is 5.37. The van der Waals surface area contributed by atoms with Crippen LogP contribution in [0.5, 0.6) is 0 Å². The molecular weight excluding hydrogens is 220 g/mol. The van der Waals surface area contributed by atoms with Gasteiger partial charge in [0.2, 0.25) is 0 Å². The molecule has 104 valence electrons. The zero-order valence-electron chi connectivity index (χ0n) is 12.0. The molecular formula is C17H30O. The molecule has 0 aromatic carbocycles. The monoisotopic (exact) mass is 250 g/mol. The maximum absolute atomic E-state index is 5.66. The number of hydrogen-bond acceptors (Lipinski definition) is 1. The lowest BCUT2D eigenvalue weighted by molar-refractivity contribution is 0.195. The van der Waals surface area contributed by atoms with E-state index in [1.807, 2.05) is 0 Å². The molecule has 0 amide bonds. The third kappa shape index (κ3) is 9.32. The van der Waals surface area contributed by atoms with Gasteiger partial charge in [-0.15, -0.1) is 0 Å². The van der Waals surface area contributed by atoms with Crippen molar-refractivity contribution in [3.05, 3.63) is 24.5 Å². The molecule has 0 bridgehead atoms. The third-order valence-corrected chi connectivity index (χ3v) is 3.56. The van der Waals surface area contributed by atoms with Gasteiger partial charge in [0.05, 0.1) is 12.4 Å². The lowest BCUT2D eigenvalue weighted by Crippen LogP contribution is -1.94. The van der Waals surface area contributed by atoms with E-state index in [2.05, 4.69) is 18.7 Å². The normalized spacial score (nSPS) is 23.9. The largest absolute Gasteiger partial charge is 0.499 e. The van der Waals surface area contributed by atoms with E-state index >= 15 is 0 Å². The molecule has 1 aliphatic rings. The predicted molar refractivity (Wildman–Crippen MR) is 79.6 cm³/mol. The first kappa shape index (κ1) is 15.3. The molecule has 0 spiro atoms. The van der Waals surface area contributed by atoms with Gasteiger partial charge in [-0.2, -0.15) is 0 Å². The summed E-state index contributed by atoms with van der Waals surface area (Å²) in [4.78, 5) is 0. The van der Waals surface area contributed by atoms with Gasteiger partial charge < -0.3 is 4.74 Å². The molecule has 1 nitrogen and oxygen atoms in total. The topological polar surface area (TPSA) is 9.23 Å². The van der Waals surface area contributed by atoms with E-state index < -0.39 is 0 Å². The van der Waals surface area contributed by atoms with Crippen molar-refractivity contribution in [1.29, 1.82) is 0 Å². The lowest BCUT2D eigenvalue weighted by atomic mass is 10.1. The summed E-state index contributed by atoms with van der Waals surface area (Å²) >= 11 is 0. The molecule has 0 saturated carbocycles. The zero-order valence-corrected chi connectivity index (χ0v) is 12.0. The molecule has 0 unspecified atom stereocenters. The molecule has 0 N–H and O–H groups in total. The molecule has 1 heterocycles. The van der Waals surface area contributed by atoms with Gasteiger partial charge in [0.1, 0.15) is 0 Å². The van der Waals surface area contributed by atoms with Gasteiger partial charge in [-0.05, 0) is 38.5 Å². The Hall–Kier alpha value is -0.720. The average Bonchev–Trinajstić information content (AvgIpc) is 2.37. The van der Waals surface area contributed by atoms with Gasteiger partial charge in [-0.3, -0.25) is 0 Å². The Morgan fingerprint density at radius 3 is 2.00 bits per heavy atom. The van der Waals surface area contributed by atoms with Crippen molar-refractivity contribution in [3.8, 4) is 0 Å². The van der Waals surface area contributed by atoms with Crippen LogP contribution in [0.25, 0.3) is 0 Å². The van der Waals surface area contributed by atoms with E-state index in [9.17, 15) is 0 Å². The average molecular weight is 250 g/mol. The minimum absolute atomic E-state index is 0.870. The minimum Gasteiger partial charge on any atom is -0.499 e. The minimum atomic E-state index is 0.870. The van der Waals surface area contributed by atoms with E-state index in [1.54, 1.807) is 0 Å². The summed E-state index contributed by atoms with van der Waals surface area (Å²) in [5, 5.41) is 0. The molecule has 0 fully saturated rings. The molecule has 0 atom stereocenters. The Labute approximate surface area is 113 Å². The number of allylic oxidation sites excluding steroid dienone is 3. The second-order valence-corrected chi connectivity index (χ2v) is 5.37.